The summed E-state index contributed by atoms with van der Waals surface area (Å²) in [7, 11) is 0. The molecule has 3 heterocycles. The zero-order chi connectivity index (χ0) is 13.1. The van der Waals surface area contributed by atoms with Gasteiger partial charge in [0.25, 0.3) is 0 Å². The van der Waals surface area contributed by atoms with Crippen LogP contribution in [0, 0.1) is 5.92 Å². The first-order valence-electron chi connectivity index (χ1n) is 6.92. The van der Waals surface area contributed by atoms with Crippen LogP contribution in [-0.4, -0.2) is 28.6 Å². The van der Waals surface area contributed by atoms with Crippen LogP contribution in [0.4, 0.5) is 0 Å². The minimum absolute atomic E-state index is 0.0242. The Morgan fingerprint density at radius 2 is 2.47 bits per heavy atom. The van der Waals surface area contributed by atoms with Gasteiger partial charge in [0.05, 0.1) is 18.4 Å². The number of fused-ring (bicyclic) bond motifs is 1. The molecule has 1 amide bonds. The number of aryl methyl sites for hydroxylation is 1. The third kappa shape index (κ3) is 2.80. The number of amides is 1. The standard InChI is InChI=1S/C14H19N3O2/c18-14(12-2-1-7-19-10-12)16-8-11-3-4-13-15-5-6-17(13)9-11/h5-6,10-11H,1-4,7-9H2,(H,16,18). The Bertz CT molecular complexity index is 493. The second-order valence-electron chi connectivity index (χ2n) is 5.23. The van der Waals surface area contributed by atoms with E-state index in [2.05, 4.69) is 14.9 Å². The van der Waals surface area contributed by atoms with Crippen molar-refractivity contribution in [1.82, 2.24) is 14.9 Å². The molecule has 0 spiro atoms. The van der Waals surface area contributed by atoms with Gasteiger partial charge in [0.1, 0.15) is 5.82 Å². The van der Waals surface area contributed by atoms with Gasteiger partial charge in [-0.1, -0.05) is 0 Å². The molecular formula is C14H19N3O2. The van der Waals surface area contributed by atoms with E-state index in [1.807, 2.05) is 12.4 Å². The van der Waals surface area contributed by atoms with Gasteiger partial charge in [-0.05, 0) is 25.2 Å². The first kappa shape index (κ1) is 12.3. The van der Waals surface area contributed by atoms with Crippen LogP contribution in [0.3, 0.4) is 0 Å². The van der Waals surface area contributed by atoms with Gasteiger partial charge in [-0.25, -0.2) is 4.98 Å². The highest BCUT2D eigenvalue weighted by Crippen LogP contribution is 2.18. The van der Waals surface area contributed by atoms with Gasteiger partial charge in [-0.3, -0.25) is 4.79 Å². The predicted octanol–water partition coefficient (Wildman–Crippen LogP) is 1.26. The van der Waals surface area contributed by atoms with Crippen molar-refractivity contribution < 1.29 is 9.53 Å². The van der Waals surface area contributed by atoms with Gasteiger partial charge in [-0.15, -0.1) is 0 Å². The van der Waals surface area contributed by atoms with Gasteiger partial charge >= 0.3 is 0 Å². The lowest BCUT2D eigenvalue weighted by Crippen LogP contribution is -2.34. The van der Waals surface area contributed by atoms with Crippen molar-refractivity contribution in [3.63, 3.8) is 0 Å². The van der Waals surface area contributed by atoms with E-state index in [0.29, 0.717) is 5.92 Å². The highest BCUT2D eigenvalue weighted by Gasteiger charge is 2.20. The van der Waals surface area contributed by atoms with E-state index < -0.39 is 0 Å². The molecule has 2 aliphatic heterocycles. The number of nitrogens with one attached hydrogen (secondary N) is 1. The maximum absolute atomic E-state index is 12.0. The Labute approximate surface area is 112 Å². The number of hydrogen-bond donors (Lipinski definition) is 1. The normalized spacial score (nSPS) is 22.1. The topological polar surface area (TPSA) is 56.2 Å². The summed E-state index contributed by atoms with van der Waals surface area (Å²) < 4.78 is 7.38. The quantitative estimate of drug-likeness (QED) is 0.891. The van der Waals surface area contributed by atoms with E-state index in [9.17, 15) is 4.79 Å². The van der Waals surface area contributed by atoms with Crippen molar-refractivity contribution in [2.45, 2.75) is 32.2 Å². The minimum Gasteiger partial charge on any atom is -0.501 e. The number of rotatable bonds is 3. The molecule has 1 aromatic heterocycles. The van der Waals surface area contributed by atoms with E-state index in [1.54, 1.807) is 6.26 Å². The predicted molar refractivity (Wildman–Crippen MR) is 70.3 cm³/mol. The van der Waals surface area contributed by atoms with Crippen molar-refractivity contribution in [2.24, 2.45) is 5.92 Å². The second kappa shape index (κ2) is 5.47. The molecule has 102 valence electrons. The highest BCUT2D eigenvalue weighted by molar-refractivity contribution is 5.93. The van der Waals surface area contributed by atoms with Crippen molar-refractivity contribution in [3.05, 3.63) is 30.1 Å². The van der Waals surface area contributed by atoms with Crippen LogP contribution in [-0.2, 0) is 22.5 Å². The van der Waals surface area contributed by atoms with Crippen molar-refractivity contribution in [1.29, 1.82) is 0 Å². The van der Waals surface area contributed by atoms with E-state index in [0.717, 1.165) is 56.8 Å². The summed E-state index contributed by atoms with van der Waals surface area (Å²) in [4.78, 5) is 16.3. The lowest BCUT2D eigenvalue weighted by molar-refractivity contribution is -0.118. The van der Waals surface area contributed by atoms with E-state index >= 15 is 0 Å². The van der Waals surface area contributed by atoms with Crippen molar-refractivity contribution in [3.8, 4) is 0 Å². The van der Waals surface area contributed by atoms with Gasteiger partial charge in [-0.2, -0.15) is 0 Å². The van der Waals surface area contributed by atoms with Crippen LogP contribution >= 0.6 is 0 Å². The Morgan fingerprint density at radius 1 is 1.53 bits per heavy atom. The average Bonchev–Trinajstić information content (AvgIpc) is 2.93. The summed E-state index contributed by atoms with van der Waals surface area (Å²) in [5.41, 5.74) is 0.769. The summed E-state index contributed by atoms with van der Waals surface area (Å²) >= 11 is 0. The first-order valence-corrected chi connectivity index (χ1v) is 6.92. The smallest absolute Gasteiger partial charge is 0.250 e. The number of imidazole rings is 1. The fraction of sp³-hybridized carbons (Fsp3) is 0.571. The van der Waals surface area contributed by atoms with E-state index in [-0.39, 0.29) is 5.91 Å². The summed E-state index contributed by atoms with van der Waals surface area (Å²) in [5.74, 6) is 1.68. The molecular weight excluding hydrogens is 242 g/mol. The summed E-state index contributed by atoms with van der Waals surface area (Å²) in [6.07, 6.45) is 9.31. The van der Waals surface area contributed by atoms with Crippen molar-refractivity contribution in [2.75, 3.05) is 13.2 Å². The Hall–Kier alpha value is -1.78. The SMILES string of the molecule is O=C(NCC1CCc2nccn2C1)C1=COCCC1. The molecule has 5 nitrogen and oxygen atoms in total. The monoisotopic (exact) mass is 261 g/mol. The largest absolute Gasteiger partial charge is 0.501 e. The molecule has 0 saturated heterocycles. The molecule has 1 aromatic rings. The van der Waals surface area contributed by atoms with Crippen LogP contribution in [0.15, 0.2) is 24.2 Å². The van der Waals surface area contributed by atoms with E-state index in [4.69, 9.17) is 4.74 Å². The number of nitrogens with zero attached hydrogens (tertiary/aromatic N) is 2. The zero-order valence-corrected chi connectivity index (χ0v) is 11.0. The minimum atomic E-state index is 0.0242. The zero-order valence-electron chi connectivity index (χ0n) is 11.0. The molecule has 1 N–H and O–H groups in total. The molecule has 0 aliphatic carbocycles. The summed E-state index contributed by atoms with van der Waals surface area (Å²) in [6.45, 7) is 2.40. The Kier molecular flexibility index (Phi) is 3.53. The summed E-state index contributed by atoms with van der Waals surface area (Å²) in [5, 5.41) is 3.02. The van der Waals surface area contributed by atoms with Crippen LogP contribution < -0.4 is 5.32 Å². The first-order chi connectivity index (χ1) is 9.33. The molecule has 5 heteroatoms. The van der Waals surface area contributed by atoms with Gasteiger partial charge < -0.3 is 14.6 Å². The third-order valence-corrected chi connectivity index (χ3v) is 3.81. The lowest BCUT2D eigenvalue weighted by Gasteiger charge is -2.24. The molecule has 19 heavy (non-hydrogen) atoms. The number of aromatic nitrogens is 2. The van der Waals surface area contributed by atoms with Crippen LogP contribution in [0.5, 0.6) is 0 Å². The summed E-state index contributed by atoms with van der Waals surface area (Å²) in [6, 6.07) is 0. The third-order valence-electron chi connectivity index (χ3n) is 3.81. The number of carbonyl (C=O) groups excluding carboxylic acids is 1. The molecule has 0 radical (unpaired) electrons. The van der Waals surface area contributed by atoms with Crippen LogP contribution in [0.1, 0.15) is 25.1 Å². The number of hydrogen-bond acceptors (Lipinski definition) is 3. The van der Waals surface area contributed by atoms with Gasteiger partial charge in [0, 0.05) is 31.9 Å². The fourth-order valence-corrected chi connectivity index (χ4v) is 2.69. The van der Waals surface area contributed by atoms with Gasteiger partial charge in [0.15, 0.2) is 0 Å². The molecule has 1 atom stereocenters. The Balaban J connectivity index is 1.50. The number of carbonyl (C=O) groups is 1. The second-order valence-corrected chi connectivity index (χ2v) is 5.23. The molecule has 0 saturated carbocycles. The van der Waals surface area contributed by atoms with Crippen molar-refractivity contribution >= 4 is 5.91 Å². The average molecular weight is 261 g/mol. The molecule has 0 bridgehead atoms. The number of ether oxygens (including phenoxy) is 1. The molecule has 3 rings (SSSR count). The molecule has 0 aromatic carbocycles. The Morgan fingerprint density at radius 3 is 3.32 bits per heavy atom. The highest BCUT2D eigenvalue weighted by atomic mass is 16.5. The maximum atomic E-state index is 12.0. The van der Waals surface area contributed by atoms with Crippen LogP contribution in [0.2, 0.25) is 0 Å². The van der Waals surface area contributed by atoms with E-state index in [1.165, 1.54) is 0 Å². The fourth-order valence-electron chi connectivity index (χ4n) is 2.69. The molecule has 0 fully saturated rings. The molecule has 2 aliphatic rings. The van der Waals surface area contributed by atoms with Gasteiger partial charge in [0.2, 0.25) is 5.91 Å². The molecule has 1 unspecified atom stereocenters. The lowest BCUT2D eigenvalue weighted by atomic mass is 9.99. The maximum Gasteiger partial charge on any atom is 0.250 e. The van der Waals surface area contributed by atoms with Crippen LogP contribution in [0.25, 0.3) is 0 Å².